The first-order valence-corrected chi connectivity index (χ1v) is 6.94. The Morgan fingerprint density at radius 3 is 2.59 bits per heavy atom. The molecule has 0 aliphatic heterocycles. The molecule has 1 aromatic rings. The topological polar surface area (TPSA) is 29.9 Å². The van der Waals surface area contributed by atoms with E-state index in [9.17, 15) is 0 Å². The smallest absolute Gasteiger partial charge is 0.0628 e. The minimum absolute atomic E-state index is 1.06. The molecule has 0 fully saturated rings. The van der Waals surface area contributed by atoms with E-state index in [1.54, 1.807) is 0 Å². The van der Waals surface area contributed by atoms with Crippen LogP contribution in [-0.4, -0.2) is 22.9 Å². The third-order valence-corrected chi connectivity index (χ3v) is 3.29. The van der Waals surface area contributed by atoms with Gasteiger partial charge in [0.15, 0.2) is 0 Å². The molecular weight excluding hydrogens is 210 g/mol. The van der Waals surface area contributed by atoms with Crippen molar-refractivity contribution in [3.8, 4) is 0 Å². The van der Waals surface area contributed by atoms with Crippen LogP contribution in [0.1, 0.15) is 50.1 Å². The fourth-order valence-corrected chi connectivity index (χ4v) is 2.19. The molecule has 1 aromatic heterocycles. The quantitative estimate of drug-likeness (QED) is 0.705. The average Bonchev–Trinajstić information content (AvgIpc) is 2.58. The van der Waals surface area contributed by atoms with Crippen LogP contribution >= 0.6 is 0 Å². The molecule has 0 unspecified atom stereocenters. The highest BCUT2D eigenvalue weighted by atomic mass is 15.3. The molecule has 0 aromatic carbocycles. The Hall–Kier alpha value is -0.830. The van der Waals surface area contributed by atoms with E-state index in [4.69, 9.17) is 0 Å². The summed E-state index contributed by atoms with van der Waals surface area (Å²) in [4.78, 5) is 0. The number of nitrogens with zero attached hydrogens (tertiary/aromatic N) is 2. The average molecular weight is 237 g/mol. The molecule has 0 spiro atoms. The molecule has 0 aliphatic rings. The van der Waals surface area contributed by atoms with Gasteiger partial charge in [0.2, 0.25) is 0 Å². The molecule has 0 saturated heterocycles. The van der Waals surface area contributed by atoms with E-state index in [1.165, 1.54) is 36.2 Å². The highest BCUT2D eigenvalue weighted by molar-refractivity contribution is 5.24. The second kappa shape index (κ2) is 7.49. The van der Waals surface area contributed by atoms with E-state index in [0.717, 1.165) is 26.1 Å². The molecule has 1 rings (SSSR count). The van der Waals surface area contributed by atoms with Crippen molar-refractivity contribution in [2.75, 3.05) is 13.1 Å². The summed E-state index contributed by atoms with van der Waals surface area (Å²) in [6, 6.07) is 0. The minimum Gasteiger partial charge on any atom is -0.317 e. The van der Waals surface area contributed by atoms with Crippen molar-refractivity contribution in [1.29, 1.82) is 0 Å². The van der Waals surface area contributed by atoms with Crippen molar-refractivity contribution in [3.63, 3.8) is 0 Å². The van der Waals surface area contributed by atoms with Crippen LogP contribution in [-0.2, 0) is 13.0 Å². The normalized spacial score (nSPS) is 11.1. The molecular formula is C14H27N3. The van der Waals surface area contributed by atoms with E-state index in [1.807, 2.05) is 0 Å². The number of hydrogen-bond donors (Lipinski definition) is 1. The predicted molar refractivity (Wildman–Crippen MR) is 73.5 cm³/mol. The number of rotatable bonds is 8. The first-order chi connectivity index (χ1) is 8.20. The van der Waals surface area contributed by atoms with Crippen molar-refractivity contribution in [2.45, 2.75) is 59.9 Å². The fourth-order valence-electron chi connectivity index (χ4n) is 2.19. The van der Waals surface area contributed by atoms with Gasteiger partial charge in [0.25, 0.3) is 0 Å². The monoisotopic (exact) mass is 237 g/mol. The number of nitrogens with one attached hydrogen (secondary N) is 1. The molecule has 3 heteroatoms. The lowest BCUT2D eigenvalue weighted by Crippen LogP contribution is -2.14. The second-order valence-corrected chi connectivity index (χ2v) is 4.68. The maximum atomic E-state index is 4.64. The van der Waals surface area contributed by atoms with Crippen molar-refractivity contribution >= 4 is 0 Å². The van der Waals surface area contributed by atoms with Gasteiger partial charge >= 0.3 is 0 Å². The largest absolute Gasteiger partial charge is 0.317 e. The highest BCUT2D eigenvalue weighted by Gasteiger charge is 2.10. The summed E-state index contributed by atoms with van der Waals surface area (Å²) in [5.74, 6) is 0. The van der Waals surface area contributed by atoms with Crippen LogP contribution < -0.4 is 5.32 Å². The van der Waals surface area contributed by atoms with Gasteiger partial charge in [-0.2, -0.15) is 5.10 Å². The Kier molecular flexibility index (Phi) is 6.27. The maximum absolute atomic E-state index is 4.64. The van der Waals surface area contributed by atoms with Gasteiger partial charge in [0, 0.05) is 12.2 Å². The van der Waals surface area contributed by atoms with Gasteiger partial charge in [-0.3, -0.25) is 4.68 Å². The van der Waals surface area contributed by atoms with Crippen LogP contribution in [0.2, 0.25) is 0 Å². The third kappa shape index (κ3) is 4.15. The van der Waals surface area contributed by atoms with E-state index in [0.29, 0.717) is 0 Å². The number of hydrogen-bond acceptors (Lipinski definition) is 2. The van der Waals surface area contributed by atoms with Crippen molar-refractivity contribution in [1.82, 2.24) is 15.1 Å². The summed E-state index contributed by atoms with van der Waals surface area (Å²) in [5, 5.41) is 8.01. The van der Waals surface area contributed by atoms with Crippen LogP contribution in [0.4, 0.5) is 0 Å². The lowest BCUT2D eigenvalue weighted by molar-refractivity contribution is 0.555. The van der Waals surface area contributed by atoms with Gasteiger partial charge < -0.3 is 5.32 Å². The molecule has 0 amide bonds. The van der Waals surface area contributed by atoms with E-state index in [-0.39, 0.29) is 0 Å². The van der Waals surface area contributed by atoms with E-state index in [2.05, 4.69) is 42.8 Å². The molecule has 98 valence electrons. The van der Waals surface area contributed by atoms with Gasteiger partial charge in [-0.25, -0.2) is 0 Å². The molecule has 0 bridgehead atoms. The van der Waals surface area contributed by atoms with Gasteiger partial charge in [-0.05, 0) is 51.8 Å². The summed E-state index contributed by atoms with van der Waals surface area (Å²) in [7, 11) is 0. The predicted octanol–water partition coefficient (Wildman–Crippen LogP) is 2.84. The second-order valence-electron chi connectivity index (χ2n) is 4.68. The van der Waals surface area contributed by atoms with E-state index < -0.39 is 0 Å². The summed E-state index contributed by atoms with van der Waals surface area (Å²) in [5.41, 5.74) is 4.04. The SMILES string of the molecule is CCCCn1nc(C)c(CCCNCC)c1C. The molecule has 17 heavy (non-hydrogen) atoms. The molecule has 1 heterocycles. The molecule has 1 N–H and O–H groups in total. The lowest BCUT2D eigenvalue weighted by atomic mass is 10.1. The number of unbranched alkanes of at least 4 members (excludes halogenated alkanes) is 1. The summed E-state index contributed by atoms with van der Waals surface area (Å²) < 4.78 is 2.18. The van der Waals surface area contributed by atoms with Crippen LogP contribution in [0, 0.1) is 13.8 Å². The lowest BCUT2D eigenvalue weighted by Gasteiger charge is -2.05. The third-order valence-electron chi connectivity index (χ3n) is 3.29. The highest BCUT2D eigenvalue weighted by Crippen LogP contribution is 2.15. The number of aromatic nitrogens is 2. The molecule has 0 aliphatic carbocycles. The standard InChI is InChI=1S/C14H27N3/c1-5-7-11-17-13(4)14(12(3)16-17)9-8-10-15-6-2/h15H,5-11H2,1-4H3. The summed E-state index contributed by atoms with van der Waals surface area (Å²) in [6.07, 6.45) is 4.80. The summed E-state index contributed by atoms with van der Waals surface area (Å²) >= 11 is 0. The van der Waals surface area contributed by atoms with Crippen LogP contribution in [0.25, 0.3) is 0 Å². The van der Waals surface area contributed by atoms with Crippen molar-refractivity contribution in [3.05, 3.63) is 17.0 Å². The maximum Gasteiger partial charge on any atom is 0.0628 e. The zero-order valence-electron chi connectivity index (χ0n) is 11.8. The van der Waals surface area contributed by atoms with Crippen LogP contribution in [0.15, 0.2) is 0 Å². The first kappa shape index (κ1) is 14.2. The molecule has 0 radical (unpaired) electrons. The fraction of sp³-hybridized carbons (Fsp3) is 0.786. The Balaban J connectivity index is 2.55. The van der Waals surface area contributed by atoms with Crippen LogP contribution in [0.3, 0.4) is 0 Å². The zero-order valence-corrected chi connectivity index (χ0v) is 11.8. The minimum atomic E-state index is 1.06. The van der Waals surface area contributed by atoms with Crippen LogP contribution in [0.5, 0.6) is 0 Å². The van der Waals surface area contributed by atoms with Gasteiger partial charge in [0.1, 0.15) is 0 Å². The Morgan fingerprint density at radius 2 is 1.94 bits per heavy atom. The van der Waals surface area contributed by atoms with E-state index >= 15 is 0 Å². The van der Waals surface area contributed by atoms with Crippen molar-refractivity contribution < 1.29 is 0 Å². The zero-order chi connectivity index (χ0) is 12.7. The first-order valence-electron chi connectivity index (χ1n) is 6.94. The Bertz CT molecular complexity index is 328. The van der Waals surface area contributed by atoms with Gasteiger partial charge in [-0.15, -0.1) is 0 Å². The Morgan fingerprint density at radius 1 is 1.18 bits per heavy atom. The molecule has 0 atom stereocenters. The van der Waals surface area contributed by atoms with Gasteiger partial charge in [-0.1, -0.05) is 20.3 Å². The van der Waals surface area contributed by atoms with Gasteiger partial charge in [0.05, 0.1) is 5.69 Å². The molecule has 0 saturated carbocycles. The molecule has 3 nitrogen and oxygen atoms in total. The van der Waals surface area contributed by atoms with Crippen molar-refractivity contribution in [2.24, 2.45) is 0 Å². The Labute approximate surface area is 106 Å². The number of aryl methyl sites for hydroxylation is 2. The summed E-state index contributed by atoms with van der Waals surface area (Å²) in [6.45, 7) is 12.0.